The number of aryl methyl sites for hydroxylation is 1. The van der Waals surface area contributed by atoms with Gasteiger partial charge in [-0.25, -0.2) is 4.79 Å². The second-order valence-corrected chi connectivity index (χ2v) is 6.25. The topological polar surface area (TPSA) is 130 Å². The maximum Gasteiger partial charge on any atom is 0.336 e. The van der Waals surface area contributed by atoms with Crippen molar-refractivity contribution in [2.24, 2.45) is 0 Å². The van der Waals surface area contributed by atoms with E-state index in [0.717, 1.165) is 0 Å². The van der Waals surface area contributed by atoms with Gasteiger partial charge in [-0.3, -0.25) is 0 Å². The third-order valence-electron chi connectivity index (χ3n) is 4.10. The molecule has 2 aromatic rings. The molecule has 1 aromatic carbocycles. The molecule has 3 rings (SSSR count). The number of halogens is 1. The van der Waals surface area contributed by atoms with Crippen molar-refractivity contribution < 1.29 is 34.3 Å². The number of hydrogen-bond donors (Lipinski definition) is 4. The molecule has 4 N–H and O–H groups in total. The lowest BCUT2D eigenvalue weighted by molar-refractivity contribution is -0.277. The molecule has 1 aliphatic rings. The van der Waals surface area contributed by atoms with Crippen LogP contribution in [0.15, 0.2) is 27.4 Å². The maximum absolute atomic E-state index is 11.5. The van der Waals surface area contributed by atoms with Crippen LogP contribution in [0.3, 0.4) is 0 Å². The first kappa shape index (κ1) is 18.1. The van der Waals surface area contributed by atoms with E-state index in [1.807, 2.05) is 0 Å². The smallest absolute Gasteiger partial charge is 0.336 e. The molecule has 136 valence electrons. The predicted octanol–water partition coefficient (Wildman–Crippen LogP) is -0.0665. The van der Waals surface area contributed by atoms with E-state index in [2.05, 4.69) is 0 Å². The molecule has 0 aliphatic carbocycles. The lowest BCUT2D eigenvalue weighted by Gasteiger charge is -2.39. The number of aliphatic hydroxyl groups is 4. The van der Waals surface area contributed by atoms with Crippen molar-refractivity contribution in [2.75, 3.05) is 6.61 Å². The second kappa shape index (κ2) is 6.91. The molecule has 0 saturated carbocycles. The number of benzene rings is 1. The Morgan fingerprint density at radius 2 is 1.88 bits per heavy atom. The Morgan fingerprint density at radius 3 is 2.56 bits per heavy atom. The fourth-order valence-electron chi connectivity index (χ4n) is 2.70. The summed E-state index contributed by atoms with van der Waals surface area (Å²) in [5.74, 6) is 0.0484. The summed E-state index contributed by atoms with van der Waals surface area (Å²) in [5, 5.41) is 39.6. The zero-order valence-corrected chi connectivity index (χ0v) is 13.9. The quantitative estimate of drug-likeness (QED) is 0.551. The van der Waals surface area contributed by atoms with Gasteiger partial charge in [0.25, 0.3) is 0 Å². The van der Waals surface area contributed by atoms with Crippen LogP contribution in [0.2, 0.25) is 5.02 Å². The van der Waals surface area contributed by atoms with Gasteiger partial charge in [-0.1, -0.05) is 11.6 Å². The van der Waals surface area contributed by atoms with Crippen molar-refractivity contribution in [3.8, 4) is 5.75 Å². The van der Waals surface area contributed by atoms with Crippen molar-refractivity contribution in [1.29, 1.82) is 0 Å². The Hall–Kier alpha value is -1.68. The molecule has 0 spiro atoms. The molecule has 1 aliphatic heterocycles. The Balaban J connectivity index is 1.94. The number of fused-ring (bicyclic) bond motifs is 1. The third-order valence-corrected chi connectivity index (χ3v) is 4.39. The molecule has 5 atom stereocenters. The lowest BCUT2D eigenvalue weighted by Crippen LogP contribution is -2.60. The van der Waals surface area contributed by atoms with Crippen LogP contribution < -0.4 is 10.4 Å². The summed E-state index contributed by atoms with van der Waals surface area (Å²) in [5.41, 5.74) is 0.368. The fraction of sp³-hybridized carbons (Fsp3) is 0.438. The highest BCUT2D eigenvalue weighted by atomic mass is 35.5. The summed E-state index contributed by atoms with van der Waals surface area (Å²) in [6.45, 7) is 1.15. The highest BCUT2D eigenvalue weighted by Crippen LogP contribution is 2.33. The Kier molecular flexibility index (Phi) is 5.01. The van der Waals surface area contributed by atoms with Gasteiger partial charge < -0.3 is 34.3 Å². The molecule has 0 unspecified atom stereocenters. The molecule has 1 saturated heterocycles. The normalized spacial score (nSPS) is 29.8. The van der Waals surface area contributed by atoms with E-state index >= 15 is 0 Å². The summed E-state index contributed by atoms with van der Waals surface area (Å²) in [6, 6.07) is 4.23. The van der Waals surface area contributed by atoms with Crippen LogP contribution in [0.4, 0.5) is 0 Å². The molecule has 8 nitrogen and oxygen atoms in total. The molecule has 2 heterocycles. The largest absolute Gasteiger partial charge is 0.460 e. The van der Waals surface area contributed by atoms with Crippen LogP contribution in [0.1, 0.15) is 5.56 Å². The monoisotopic (exact) mass is 372 g/mol. The van der Waals surface area contributed by atoms with Gasteiger partial charge in [-0.05, 0) is 18.6 Å². The second-order valence-electron chi connectivity index (χ2n) is 5.84. The molecule has 9 heteroatoms. The number of aliphatic hydroxyl groups excluding tert-OH is 4. The van der Waals surface area contributed by atoms with E-state index in [9.17, 15) is 25.2 Å². The van der Waals surface area contributed by atoms with E-state index < -0.39 is 42.9 Å². The van der Waals surface area contributed by atoms with Gasteiger partial charge in [0.05, 0.1) is 11.6 Å². The van der Waals surface area contributed by atoms with Gasteiger partial charge in [0.1, 0.15) is 35.7 Å². The van der Waals surface area contributed by atoms with E-state index in [4.69, 9.17) is 25.5 Å². The van der Waals surface area contributed by atoms with Gasteiger partial charge >= 0.3 is 5.63 Å². The van der Waals surface area contributed by atoms with Gasteiger partial charge in [0.2, 0.25) is 6.29 Å². The van der Waals surface area contributed by atoms with Crippen LogP contribution in [-0.2, 0) is 4.74 Å². The van der Waals surface area contributed by atoms with Crippen LogP contribution >= 0.6 is 11.6 Å². The zero-order chi connectivity index (χ0) is 18.3. The minimum absolute atomic E-state index is 0.0484. The first-order valence-electron chi connectivity index (χ1n) is 7.53. The van der Waals surface area contributed by atoms with Gasteiger partial charge in [0, 0.05) is 17.5 Å². The molecule has 0 radical (unpaired) electrons. The highest BCUT2D eigenvalue weighted by molar-refractivity contribution is 6.32. The van der Waals surface area contributed by atoms with Crippen LogP contribution in [-0.4, -0.2) is 57.7 Å². The predicted molar refractivity (Wildman–Crippen MR) is 86.6 cm³/mol. The summed E-state index contributed by atoms with van der Waals surface area (Å²) in [4.78, 5) is 11.5. The van der Waals surface area contributed by atoms with Crippen molar-refractivity contribution in [3.63, 3.8) is 0 Å². The minimum Gasteiger partial charge on any atom is -0.460 e. The summed E-state index contributed by atoms with van der Waals surface area (Å²) in [7, 11) is 0. The SMILES string of the molecule is Cc1cc(=O)oc2cc(O[C@H]3O[C@H](CO)[C@@H](O)[C@H](O)[C@H]3O)c(Cl)cc12. The Bertz CT molecular complexity index is 833. The van der Waals surface area contributed by atoms with Crippen molar-refractivity contribution in [2.45, 2.75) is 37.6 Å². The van der Waals surface area contributed by atoms with Crippen LogP contribution in [0.25, 0.3) is 11.0 Å². The lowest BCUT2D eigenvalue weighted by atomic mass is 9.99. The standard InChI is InChI=1S/C16H17ClO8/c1-6-2-12(19)23-9-4-10(8(17)3-7(6)9)24-16-15(22)14(21)13(20)11(5-18)25-16/h2-4,11,13-16,18,20-22H,5H2,1H3/t11-,13-,14+,15-,16+/m1/s1. The van der Waals surface area contributed by atoms with E-state index in [0.29, 0.717) is 10.9 Å². The Morgan fingerprint density at radius 1 is 1.16 bits per heavy atom. The maximum atomic E-state index is 11.5. The molecule has 0 amide bonds. The summed E-state index contributed by atoms with van der Waals surface area (Å²) < 4.78 is 15.9. The van der Waals surface area contributed by atoms with Crippen LogP contribution in [0, 0.1) is 6.92 Å². The average Bonchev–Trinajstić information content (AvgIpc) is 2.56. The van der Waals surface area contributed by atoms with E-state index in [1.54, 1.807) is 6.92 Å². The first-order valence-corrected chi connectivity index (χ1v) is 7.91. The molecule has 25 heavy (non-hydrogen) atoms. The molecule has 0 bridgehead atoms. The average molecular weight is 373 g/mol. The summed E-state index contributed by atoms with van der Waals surface area (Å²) in [6.07, 6.45) is -7.14. The highest BCUT2D eigenvalue weighted by Gasteiger charge is 2.44. The number of hydrogen-bond acceptors (Lipinski definition) is 8. The molecule has 1 aromatic heterocycles. The number of ether oxygens (including phenoxy) is 2. The van der Waals surface area contributed by atoms with Gasteiger partial charge in [-0.2, -0.15) is 0 Å². The number of rotatable bonds is 3. The first-order chi connectivity index (χ1) is 11.8. The third kappa shape index (κ3) is 3.37. The van der Waals surface area contributed by atoms with Crippen molar-refractivity contribution in [3.05, 3.63) is 39.2 Å². The molecular weight excluding hydrogens is 356 g/mol. The van der Waals surface area contributed by atoms with Gasteiger partial charge in [0.15, 0.2) is 0 Å². The van der Waals surface area contributed by atoms with Crippen molar-refractivity contribution >= 4 is 22.6 Å². The minimum atomic E-state index is -1.57. The van der Waals surface area contributed by atoms with Crippen molar-refractivity contribution in [1.82, 2.24) is 0 Å². The van der Waals surface area contributed by atoms with Crippen LogP contribution in [0.5, 0.6) is 5.75 Å². The van der Waals surface area contributed by atoms with Gasteiger partial charge in [-0.15, -0.1) is 0 Å². The Labute approximate surface area is 146 Å². The van der Waals surface area contributed by atoms with E-state index in [-0.39, 0.29) is 16.4 Å². The summed E-state index contributed by atoms with van der Waals surface area (Å²) >= 11 is 6.17. The molecular formula is C16H17ClO8. The zero-order valence-electron chi connectivity index (χ0n) is 13.1. The fourth-order valence-corrected chi connectivity index (χ4v) is 2.91. The molecule has 1 fully saturated rings. The van der Waals surface area contributed by atoms with E-state index in [1.165, 1.54) is 18.2 Å².